The number of halogens is 1. The van der Waals surface area contributed by atoms with Crippen LogP contribution in [0.5, 0.6) is 0 Å². The van der Waals surface area contributed by atoms with Gasteiger partial charge in [-0.05, 0) is 49.3 Å². The number of benzene rings is 1. The predicted molar refractivity (Wildman–Crippen MR) is 65.8 cm³/mol. The SMILES string of the molecule is Cc1cc([C@@]2(O)CCC[C@H]2C)ccc1Br. The number of hydrogen-bond donors (Lipinski definition) is 1. The average Bonchev–Trinajstić information content (AvgIpc) is 2.53. The van der Waals surface area contributed by atoms with Gasteiger partial charge in [-0.1, -0.05) is 35.0 Å². The van der Waals surface area contributed by atoms with Crippen LogP contribution in [0, 0.1) is 12.8 Å². The van der Waals surface area contributed by atoms with Crippen molar-refractivity contribution in [3.63, 3.8) is 0 Å². The van der Waals surface area contributed by atoms with Gasteiger partial charge in [0.15, 0.2) is 0 Å². The van der Waals surface area contributed by atoms with Gasteiger partial charge in [0.2, 0.25) is 0 Å². The Bertz CT molecular complexity index is 375. The van der Waals surface area contributed by atoms with E-state index in [1.54, 1.807) is 0 Å². The molecular formula is C13H17BrO. The highest BCUT2D eigenvalue weighted by atomic mass is 79.9. The van der Waals surface area contributed by atoms with Crippen LogP contribution in [0.1, 0.15) is 37.3 Å². The Balaban J connectivity index is 2.40. The van der Waals surface area contributed by atoms with Gasteiger partial charge < -0.3 is 5.11 Å². The Morgan fingerprint density at radius 3 is 2.73 bits per heavy atom. The molecule has 1 N–H and O–H groups in total. The Kier molecular flexibility index (Phi) is 2.91. The first-order chi connectivity index (χ1) is 7.04. The highest BCUT2D eigenvalue weighted by Gasteiger charge is 2.39. The minimum Gasteiger partial charge on any atom is -0.385 e. The van der Waals surface area contributed by atoms with Crippen LogP contribution in [0.2, 0.25) is 0 Å². The molecular weight excluding hydrogens is 252 g/mol. The lowest BCUT2D eigenvalue weighted by molar-refractivity contribution is 0.00443. The second-order valence-electron chi connectivity index (χ2n) is 4.68. The lowest BCUT2D eigenvalue weighted by Crippen LogP contribution is -2.28. The summed E-state index contributed by atoms with van der Waals surface area (Å²) in [6.45, 7) is 4.21. The summed E-state index contributed by atoms with van der Waals surface area (Å²) in [6.07, 6.45) is 3.16. The summed E-state index contributed by atoms with van der Waals surface area (Å²) in [5.74, 6) is 0.373. The zero-order valence-corrected chi connectivity index (χ0v) is 10.8. The molecule has 0 spiro atoms. The maximum absolute atomic E-state index is 10.6. The van der Waals surface area contributed by atoms with Crippen LogP contribution in [-0.2, 0) is 5.60 Å². The molecule has 0 radical (unpaired) electrons. The van der Waals surface area contributed by atoms with Crippen LogP contribution >= 0.6 is 15.9 Å². The predicted octanol–water partition coefficient (Wildman–Crippen LogP) is 3.77. The highest BCUT2D eigenvalue weighted by molar-refractivity contribution is 9.10. The maximum Gasteiger partial charge on any atom is 0.0922 e. The molecule has 0 aliphatic heterocycles. The van der Waals surface area contributed by atoms with Crippen LogP contribution in [0.4, 0.5) is 0 Å². The average molecular weight is 269 g/mol. The Labute approximate surface area is 99.6 Å². The Hall–Kier alpha value is -0.340. The van der Waals surface area contributed by atoms with Crippen molar-refractivity contribution in [2.45, 2.75) is 38.7 Å². The Morgan fingerprint density at radius 2 is 2.20 bits per heavy atom. The molecule has 0 heterocycles. The number of aliphatic hydroxyl groups is 1. The van der Waals surface area contributed by atoms with Crippen LogP contribution in [0.25, 0.3) is 0 Å². The molecule has 1 fully saturated rings. The smallest absolute Gasteiger partial charge is 0.0922 e. The van der Waals surface area contributed by atoms with Crippen molar-refractivity contribution in [3.8, 4) is 0 Å². The summed E-state index contributed by atoms with van der Waals surface area (Å²) in [5, 5.41) is 10.6. The lowest BCUT2D eigenvalue weighted by atomic mass is 9.84. The van der Waals surface area contributed by atoms with Gasteiger partial charge in [-0.25, -0.2) is 0 Å². The summed E-state index contributed by atoms with van der Waals surface area (Å²) in [4.78, 5) is 0. The van der Waals surface area contributed by atoms with E-state index in [2.05, 4.69) is 35.8 Å². The zero-order chi connectivity index (χ0) is 11.1. The second kappa shape index (κ2) is 3.91. The maximum atomic E-state index is 10.6. The van der Waals surface area contributed by atoms with E-state index in [4.69, 9.17) is 0 Å². The third-order valence-corrected chi connectivity index (χ3v) is 4.56. The van der Waals surface area contributed by atoms with Crippen LogP contribution in [0.3, 0.4) is 0 Å². The number of rotatable bonds is 1. The molecule has 2 rings (SSSR count). The van der Waals surface area contributed by atoms with E-state index < -0.39 is 5.60 Å². The topological polar surface area (TPSA) is 20.2 Å². The molecule has 1 aliphatic rings. The number of aryl methyl sites for hydroxylation is 1. The van der Waals surface area contributed by atoms with Crippen molar-refractivity contribution in [2.75, 3.05) is 0 Å². The van der Waals surface area contributed by atoms with Crippen molar-refractivity contribution < 1.29 is 5.11 Å². The molecule has 0 amide bonds. The fourth-order valence-corrected chi connectivity index (χ4v) is 2.75. The van der Waals surface area contributed by atoms with Crippen LogP contribution in [-0.4, -0.2) is 5.11 Å². The van der Waals surface area contributed by atoms with Crippen molar-refractivity contribution in [1.29, 1.82) is 0 Å². The normalized spacial score (nSPS) is 30.8. The van der Waals surface area contributed by atoms with Crippen molar-refractivity contribution in [2.24, 2.45) is 5.92 Å². The molecule has 82 valence electrons. The fourth-order valence-electron chi connectivity index (χ4n) is 2.51. The van der Waals surface area contributed by atoms with E-state index in [9.17, 15) is 5.11 Å². The van der Waals surface area contributed by atoms with Gasteiger partial charge in [0.1, 0.15) is 0 Å². The van der Waals surface area contributed by atoms with E-state index in [0.29, 0.717) is 5.92 Å². The first-order valence-electron chi connectivity index (χ1n) is 5.53. The van der Waals surface area contributed by atoms with Crippen LogP contribution < -0.4 is 0 Å². The van der Waals surface area contributed by atoms with Gasteiger partial charge in [0.25, 0.3) is 0 Å². The molecule has 0 aromatic heterocycles. The summed E-state index contributed by atoms with van der Waals surface area (Å²) < 4.78 is 1.11. The van der Waals surface area contributed by atoms with Gasteiger partial charge in [0.05, 0.1) is 5.60 Å². The van der Waals surface area contributed by atoms with E-state index >= 15 is 0 Å². The summed E-state index contributed by atoms with van der Waals surface area (Å²) in [7, 11) is 0. The molecule has 1 saturated carbocycles. The van der Waals surface area contributed by atoms with E-state index in [1.165, 1.54) is 5.56 Å². The first-order valence-corrected chi connectivity index (χ1v) is 6.32. The molecule has 0 bridgehead atoms. The molecule has 1 nitrogen and oxygen atoms in total. The van der Waals surface area contributed by atoms with Crippen molar-refractivity contribution >= 4 is 15.9 Å². The second-order valence-corrected chi connectivity index (χ2v) is 5.54. The van der Waals surface area contributed by atoms with E-state index in [1.807, 2.05) is 12.1 Å². The lowest BCUT2D eigenvalue weighted by Gasteiger charge is -2.28. The molecule has 15 heavy (non-hydrogen) atoms. The minimum absolute atomic E-state index is 0.373. The van der Waals surface area contributed by atoms with Crippen molar-refractivity contribution in [3.05, 3.63) is 33.8 Å². The van der Waals surface area contributed by atoms with Gasteiger partial charge in [0, 0.05) is 4.47 Å². The third kappa shape index (κ3) is 1.85. The monoisotopic (exact) mass is 268 g/mol. The highest BCUT2D eigenvalue weighted by Crippen LogP contribution is 2.43. The molecule has 1 aromatic rings. The Morgan fingerprint density at radius 1 is 1.47 bits per heavy atom. The molecule has 1 aliphatic carbocycles. The largest absolute Gasteiger partial charge is 0.385 e. The summed E-state index contributed by atoms with van der Waals surface area (Å²) >= 11 is 3.49. The van der Waals surface area contributed by atoms with E-state index in [-0.39, 0.29) is 0 Å². The minimum atomic E-state index is -0.592. The van der Waals surface area contributed by atoms with Gasteiger partial charge in [-0.15, -0.1) is 0 Å². The third-order valence-electron chi connectivity index (χ3n) is 3.67. The van der Waals surface area contributed by atoms with Gasteiger partial charge in [-0.2, -0.15) is 0 Å². The van der Waals surface area contributed by atoms with Gasteiger partial charge in [-0.3, -0.25) is 0 Å². The van der Waals surface area contributed by atoms with Crippen LogP contribution in [0.15, 0.2) is 22.7 Å². The molecule has 0 unspecified atom stereocenters. The number of hydrogen-bond acceptors (Lipinski definition) is 1. The first kappa shape index (κ1) is 11.2. The van der Waals surface area contributed by atoms with E-state index in [0.717, 1.165) is 29.3 Å². The van der Waals surface area contributed by atoms with Crippen molar-refractivity contribution in [1.82, 2.24) is 0 Å². The molecule has 1 aromatic carbocycles. The quantitative estimate of drug-likeness (QED) is 0.822. The molecule has 0 saturated heterocycles. The molecule has 2 heteroatoms. The fraction of sp³-hybridized carbons (Fsp3) is 0.538. The summed E-state index contributed by atoms with van der Waals surface area (Å²) in [6, 6.07) is 6.18. The molecule has 2 atom stereocenters. The standard InChI is InChI=1S/C13H17BrO/c1-9-8-11(5-6-12(9)14)13(15)7-3-4-10(13)2/h5-6,8,10,15H,3-4,7H2,1-2H3/t10-,13-/m1/s1. The van der Waals surface area contributed by atoms with Gasteiger partial charge >= 0.3 is 0 Å². The summed E-state index contributed by atoms with van der Waals surface area (Å²) in [5.41, 5.74) is 1.68. The zero-order valence-electron chi connectivity index (χ0n) is 9.26.